The first-order chi connectivity index (χ1) is 14.5. The number of aromatic amines is 1. The summed E-state index contributed by atoms with van der Waals surface area (Å²) >= 11 is 6.32. The van der Waals surface area contributed by atoms with Crippen LogP contribution in [0.15, 0.2) is 53.3 Å². The number of fused-ring (bicyclic) bond motifs is 1. The molecule has 9 heteroatoms. The van der Waals surface area contributed by atoms with Crippen molar-refractivity contribution in [3.8, 4) is 17.3 Å². The van der Waals surface area contributed by atoms with E-state index in [1.54, 1.807) is 18.2 Å². The lowest BCUT2D eigenvalue weighted by molar-refractivity contribution is 1.07. The number of aromatic nitrogens is 3. The molecule has 6 N–H and O–H groups in total. The number of hydrogen-bond acceptors (Lipinski definition) is 7. The van der Waals surface area contributed by atoms with Gasteiger partial charge in [-0.25, -0.2) is 0 Å². The molecule has 4 rings (SSSR count). The van der Waals surface area contributed by atoms with Crippen LogP contribution < -0.4 is 22.2 Å². The number of H-pyrrole nitrogens is 1. The van der Waals surface area contributed by atoms with E-state index in [0.717, 1.165) is 5.56 Å². The van der Waals surface area contributed by atoms with Gasteiger partial charge in [0.25, 0.3) is 0 Å². The topological polar surface area (TPSA) is 146 Å². The van der Waals surface area contributed by atoms with Gasteiger partial charge in [0.2, 0.25) is 5.95 Å². The molecule has 0 unspecified atom stereocenters. The molecule has 0 aliphatic heterocycles. The van der Waals surface area contributed by atoms with Gasteiger partial charge in [-0.3, -0.25) is 4.79 Å². The number of anilines is 3. The second-order valence-corrected chi connectivity index (χ2v) is 6.90. The van der Waals surface area contributed by atoms with Crippen molar-refractivity contribution in [2.45, 2.75) is 6.54 Å². The maximum atomic E-state index is 13.3. The van der Waals surface area contributed by atoms with Crippen LogP contribution >= 0.6 is 11.6 Å². The summed E-state index contributed by atoms with van der Waals surface area (Å²) in [7, 11) is 0. The molecular weight excluding hydrogens is 402 g/mol. The summed E-state index contributed by atoms with van der Waals surface area (Å²) in [5.74, 6) is 0.0542. The van der Waals surface area contributed by atoms with Crippen LogP contribution in [0, 0.1) is 11.3 Å². The highest BCUT2D eigenvalue weighted by atomic mass is 35.5. The Hall–Kier alpha value is -4.09. The van der Waals surface area contributed by atoms with E-state index in [1.807, 2.05) is 36.4 Å². The van der Waals surface area contributed by atoms with Crippen molar-refractivity contribution in [3.05, 3.63) is 74.9 Å². The predicted octanol–water partition coefficient (Wildman–Crippen LogP) is 3.29. The van der Waals surface area contributed by atoms with E-state index in [2.05, 4.69) is 20.3 Å². The van der Waals surface area contributed by atoms with E-state index < -0.39 is 0 Å². The third-order valence-electron chi connectivity index (χ3n) is 4.65. The smallest absolute Gasteiger partial charge is 0.224 e. The minimum atomic E-state index is -0.189. The molecule has 0 bridgehead atoms. The summed E-state index contributed by atoms with van der Waals surface area (Å²) < 4.78 is 0. The fraction of sp³-hybridized carbons (Fsp3) is 0.0476. The van der Waals surface area contributed by atoms with Gasteiger partial charge in [-0.05, 0) is 17.7 Å². The zero-order chi connectivity index (χ0) is 21.3. The number of halogens is 1. The first kappa shape index (κ1) is 19.2. The SMILES string of the molecule is N#Cc1c(N)nc(N)nc1NCc1c(-c2ccccc2)[nH]c2c(Cl)cccc2c1=O. The van der Waals surface area contributed by atoms with Crippen LogP contribution in [0.5, 0.6) is 0 Å². The summed E-state index contributed by atoms with van der Waals surface area (Å²) in [5.41, 5.74) is 13.7. The quantitative estimate of drug-likeness (QED) is 0.398. The molecule has 0 aliphatic carbocycles. The van der Waals surface area contributed by atoms with Gasteiger partial charge < -0.3 is 21.8 Å². The Morgan fingerprint density at radius 3 is 2.60 bits per heavy atom. The highest BCUT2D eigenvalue weighted by Gasteiger charge is 2.17. The van der Waals surface area contributed by atoms with E-state index in [9.17, 15) is 10.1 Å². The van der Waals surface area contributed by atoms with Gasteiger partial charge in [0.05, 0.1) is 16.2 Å². The normalized spacial score (nSPS) is 10.7. The van der Waals surface area contributed by atoms with Crippen molar-refractivity contribution in [3.63, 3.8) is 0 Å². The van der Waals surface area contributed by atoms with Gasteiger partial charge in [-0.15, -0.1) is 0 Å². The number of pyridine rings is 1. The minimum Gasteiger partial charge on any atom is -0.382 e. The molecule has 0 aliphatic rings. The molecule has 2 aromatic carbocycles. The summed E-state index contributed by atoms with van der Waals surface area (Å²) in [6, 6.07) is 16.5. The van der Waals surface area contributed by atoms with Crippen LogP contribution in [0.3, 0.4) is 0 Å². The zero-order valence-electron chi connectivity index (χ0n) is 15.6. The molecular formula is C21H16ClN7O. The highest BCUT2D eigenvalue weighted by molar-refractivity contribution is 6.35. The minimum absolute atomic E-state index is 0.0324. The lowest BCUT2D eigenvalue weighted by Crippen LogP contribution is -2.18. The monoisotopic (exact) mass is 417 g/mol. The van der Waals surface area contributed by atoms with E-state index in [4.69, 9.17) is 23.1 Å². The third kappa shape index (κ3) is 3.38. The fourth-order valence-electron chi connectivity index (χ4n) is 3.24. The van der Waals surface area contributed by atoms with Crippen molar-refractivity contribution in [2.24, 2.45) is 0 Å². The Kier molecular flexibility index (Phi) is 4.96. The number of nitriles is 1. The Morgan fingerprint density at radius 1 is 1.10 bits per heavy atom. The Bertz CT molecular complexity index is 1360. The summed E-state index contributed by atoms with van der Waals surface area (Å²) in [6.07, 6.45) is 0. The maximum absolute atomic E-state index is 13.3. The highest BCUT2D eigenvalue weighted by Crippen LogP contribution is 2.27. The lowest BCUT2D eigenvalue weighted by atomic mass is 10.0. The molecule has 0 amide bonds. The second-order valence-electron chi connectivity index (χ2n) is 6.49. The number of para-hydroxylation sites is 1. The van der Waals surface area contributed by atoms with E-state index >= 15 is 0 Å². The van der Waals surface area contributed by atoms with Gasteiger partial charge in [0.1, 0.15) is 17.5 Å². The van der Waals surface area contributed by atoms with Crippen LogP contribution in [-0.4, -0.2) is 15.0 Å². The average Bonchev–Trinajstić information content (AvgIpc) is 2.74. The van der Waals surface area contributed by atoms with Gasteiger partial charge in [0, 0.05) is 17.5 Å². The standard InChI is InChI=1S/C21H16ClN7O/c22-15-8-4-7-12-17(15)27-16(11-5-2-1-3-6-11)14(18(12)30)10-26-20-13(9-23)19(24)28-21(25)29-20/h1-8H,10H2,(H,27,30)(H5,24,25,26,28,29). The molecule has 4 aromatic rings. The molecule has 0 saturated heterocycles. The van der Waals surface area contributed by atoms with E-state index in [0.29, 0.717) is 27.2 Å². The van der Waals surface area contributed by atoms with Gasteiger partial charge in [-0.1, -0.05) is 48.0 Å². The average molecular weight is 418 g/mol. The molecule has 0 fully saturated rings. The van der Waals surface area contributed by atoms with Crippen LogP contribution in [0.1, 0.15) is 11.1 Å². The number of nitrogens with two attached hydrogens (primary N) is 2. The van der Waals surface area contributed by atoms with Crippen LogP contribution in [0.25, 0.3) is 22.2 Å². The van der Waals surface area contributed by atoms with Crippen LogP contribution in [0.4, 0.5) is 17.6 Å². The summed E-state index contributed by atoms with van der Waals surface area (Å²) in [4.78, 5) is 24.4. The molecule has 8 nitrogen and oxygen atoms in total. The fourth-order valence-corrected chi connectivity index (χ4v) is 3.46. The molecule has 0 spiro atoms. The van der Waals surface area contributed by atoms with Crippen LogP contribution in [-0.2, 0) is 6.54 Å². The number of hydrogen-bond donors (Lipinski definition) is 4. The Morgan fingerprint density at radius 2 is 1.87 bits per heavy atom. The van der Waals surface area contributed by atoms with Crippen molar-refractivity contribution in [2.75, 3.05) is 16.8 Å². The zero-order valence-corrected chi connectivity index (χ0v) is 16.4. The van der Waals surface area contributed by atoms with Crippen LogP contribution in [0.2, 0.25) is 5.02 Å². The van der Waals surface area contributed by atoms with Gasteiger partial charge >= 0.3 is 0 Å². The van der Waals surface area contributed by atoms with Crippen molar-refractivity contribution in [1.29, 1.82) is 5.26 Å². The first-order valence-corrected chi connectivity index (χ1v) is 9.33. The lowest BCUT2D eigenvalue weighted by Gasteiger charge is -2.14. The van der Waals surface area contributed by atoms with Gasteiger partial charge in [-0.2, -0.15) is 15.2 Å². The third-order valence-corrected chi connectivity index (χ3v) is 4.96. The molecule has 148 valence electrons. The summed E-state index contributed by atoms with van der Waals surface area (Å²) in [6.45, 7) is 0.0760. The predicted molar refractivity (Wildman–Crippen MR) is 118 cm³/mol. The largest absolute Gasteiger partial charge is 0.382 e. The van der Waals surface area contributed by atoms with E-state index in [1.165, 1.54) is 0 Å². The molecule has 30 heavy (non-hydrogen) atoms. The number of rotatable bonds is 4. The number of nitrogens with one attached hydrogen (secondary N) is 2. The Balaban J connectivity index is 1.88. The number of benzene rings is 2. The summed E-state index contributed by atoms with van der Waals surface area (Å²) in [5, 5.41) is 13.3. The molecule has 0 radical (unpaired) electrons. The number of nitrogens with zero attached hydrogens (tertiary/aromatic N) is 3. The van der Waals surface area contributed by atoms with Crippen molar-refractivity contribution in [1.82, 2.24) is 15.0 Å². The molecule has 0 atom stereocenters. The van der Waals surface area contributed by atoms with Crippen molar-refractivity contribution < 1.29 is 0 Å². The first-order valence-electron chi connectivity index (χ1n) is 8.95. The Labute approximate surface area is 176 Å². The maximum Gasteiger partial charge on any atom is 0.224 e. The molecule has 2 heterocycles. The van der Waals surface area contributed by atoms with Crippen molar-refractivity contribution >= 4 is 40.1 Å². The second kappa shape index (κ2) is 7.73. The molecule has 2 aromatic heterocycles. The van der Waals surface area contributed by atoms with E-state index in [-0.39, 0.29) is 35.1 Å². The number of nitrogen functional groups attached to an aromatic ring is 2. The van der Waals surface area contributed by atoms with Gasteiger partial charge in [0.15, 0.2) is 11.2 Å². The molecule has 0 saturated carbocycles.